The van der Waals surface area contributed by atoms with Crippen molar-refractivity contribution in [1.82, 2.24) is 4.90 Å². The molecule has 0 heterocycles. The maximum absolute atomic E-state index is 12.3. The van der Waals surface area contributed by atoms with E-state index >= 15 is 0 Å². The largest absolute Gasteiger partial charge is 0.481 e. The summed E-state index contributed by atoms with van der Waals surface area (Å²) >= 11 is 0. The number of hydrogen-bond donors (Lipinski definition) is 2. The van der Waals surface area contributed by atoms with E-state index in [0.717, 1.165) is 55.3 Å². The van der Waals surface area contributed by atoms with Crippen LogP contribution in [0.5, 0.6) is 0 Å². The van der Waals surface area contributed by atoms with Gasteiger partial charge in [0.15, 0.2) is 0 Å². The molecule has 1 saturated carbocycles. The van der Waals surface area contributed by atoms with E-state index in [-0.39, 0.29) is 5.92 Å². The normalized spacial score (nSPS) is 22.3. The summed E-state index contributed by atoms with van der Waals surface area (Å²) in [5.74, 6) is -0.749. The maximum Gasteiger partial charge on any atom is 0.311 e. The van der Waals surface area contributed by atoms with E-state index in [1.807, 2.05) is 50.5 Å². The molecule has 3 rings (SSSR count). The van der Waals surface area contributed by atoms with Crippen molar-refractivity contribution in [3.8, 4) is 0 Å². The van der Waals surface area contributed by atoms with Crippen molar-refractivity contribution in [2.45, 2.75) is 63.9 Å². The van der Waals surface area contributed by atoms with Gasteiger partial charge in [-0.3, -0.25) is 4.79 Å². The van der Waals surface area contributed by atoms with Crippen molar-refractivity contribution >= 4 is 5.97 Å². The molecule has 0 amide bonds. The van der Waals surface area contributed by atoms with Crippen LogP contribution in [0.25, 0.3) is 0 Å². The minimum absolute atomic E-state index is 0.144. The fourth-order valence-corrected chi connectivity index (χ4v) is 5.31. The molecule has 4 heteroatoms. The van der Waals surface area contributed by atoms with E-state index in [2.05, 4.69) is 30.9 Å². The lowest BCUT2D eigenvalue weighted by Crippen LogP contribution is -2.43. The lowest BCUT2D eigenvalue weighted by Gasteiger charge is -2.43. The molecule has 0 spiro atoms. The predicted octanol–water partition coefficient (Wildman–Crippen LogP) is 5.24. The second-order valence-corrected chi connectivity index (χ2v) is 10.2. The van der Waals surface area contributed by atoms with E-state index in [9.17, 15) is 15.0 Å². The smallest absolute Gasteiger partial charge is 0.311 e. The highest BCUT2D eigenvalue weighted by atomic mass is 16.4. The highest BCUT2D eigenvalue weighted by Crippen LogP contribution is 2.44. The molecule has 1 fully saturated rings. The summed E-state index contributed by atoms with van der Waals surface area (Å²) in [5, 5.41) is 22.0. The van der Waals surface area contributed by atoms with Crippen molar-refractivity contribution in [1.29, 1.82) is 0 Å². The van der Waals surface area contributed by atoms with Gasteiger partial charge in [-0.1, -0.05) is 75.2 Å². The lowest BCUT2D eigenvalue weighted by atomic mass is 9.69. The van der Waals surface area contributed by atoms with Gasteiger partial charge in [0.25, 0.3) is 0 Å². The maximum atomic E-state index is 12.3. The first kappa shape index (κ1) is 24.5. The molecule has 3 unspecified atom stereocenters. The van der Waals surface area contributed by atoms with Crippen molar-refractivity contribution in [3.63, 3.8) is 0 Å². The highest BCUT2D eigenvalue weighted by Gasteiger charge is 2.42. The molecule has 4 nitrogen and oxygen atoms in total. The SMILES string of the molecule is CC(C)Cc1ccc(C(Cc2ccccc2C2(O)CCCCC2CN(C)C)C(=O)O)cc1. The van der Waals surface area contributed by atoms with Gasteiger partial charge >= 0.3 is 5.97 Å². The van der Waals surface area contributed by atoms with Gasteiger partial charge in [0.2, 0.25) is 0 Å². The molecular formula is C28H39NO3. The Labute approximate surface area is 193 Å². The molecule has 1 aliphatic carbocycles. The number of aliphatic hydroxyl groups is 1. The van der Waals surface area contributed by atoms with Crippen LogP contribution in [0.4, 0.5) is 0 Å². The Hall–Kier alpha value is -2.17. The summed E-state index contributed by atoms with van der Waals surface area (Å²) in [6.45, 7) is 5.19. The van der Waals surface area contributed by atoms with E-state index in [1.54, 1.807) is 0 Å². The number of benzene rings is 2. The molecule has 2 aromatic rings. The second-order valence-electron chi connectivity index (χ2n) is 10.2. The number of aliphatic carboxylic acids is 1. The number of rotatable bonds is 9. The third-order valence-electron chi connectivity index (χ3n) is 6.85. The average Bonchev–Trinajstić information content (AvgIpc) is 2.74. The van der Waals surface area contributed by atoms with Gasteiger partial charge in [-0.15, -0.1) is 0 Å². The first-order valence-corrected chi connectivity index (χ1v) is 12.0. The molecule has 0 bridgehead atoms. The standard InChI is InChI=1S/C28H39NO3/c1-20(2)17-21-12-14-22(15-13-21)25(27(30)31)18-23-9-5-6-11-26(23)28(32)16-8-7-10-24(28)19-29(3)4/h5-6,9,11-15,20,24-25,32H,7-8,10,16-19H2,1-4H3,(H,30,31). The molecule has 0 aliphatic heterocycles. The van der Waals surface area contributed by atoms with Crippen molar-refractivity contribution in [2.24, 2.45) is 11.8 Å². The van der Waals surface area contributed by atoms with E-state index in [4.69, 9.17) is 0 Å². The Bertz CT molecular complexity index is 890. The minimum Gasteiger partial charge on any atom is -0.481 e. The first-order valence-electron chi connectivity index (χ1n) is 12.0. The van der Waals surface area contributed by atoms with Crippen LogP contribution in [0.15, 0.2) is 48.5 Å². The topological polar surface area (TPSA) is 60.8 Å². The van der Waals surface area contributed by atoms with Crippen molar-refractivity contribution in [3.05, 3.63) is 70.8 Å². The average molecular weight is 438 g/mol. The molecule has 2 N–H and O–H groups in total. The van der Waals surface area contributed by atoms with Crippen molar-refractivity contribution < 1.29 is 15.0 Å². The molecule has 0 radical (unpaired) electrons. The summed E-state index contributed by atoms with van der Waals surface area (Å²) in [6.07, 6.45) is 5.21. The van der Waals surface area contributed by atoms with E-state index in [1.165, 1.54) is 5.56 Å². The minimum atomic E-state index is -0.913. The molecule has 1 aliphatic rings. The molecule has 2 aromatic carbocycles. The van der Waals surface area contributed by atoms with Gasteiger partial charge in [-0.25, -0.2) is 0 Å². The Balaban J connectivity index is 1.91. The Morgan fingerprint density at radius 1 is 1.06 bits per heavy atom. The Morgan fingerprint density at radius 3 is 2.38 bits per heavy atom. The number of hydrogen-bond acceptors (Lipinski definition) is 3. The van der Waals surface area contributed by atoms with Gasteiger partial charge in [-0.05, 0) is 68.0 Å². The fraction of sp³-hybridized carbons (Fsp3) is 0.536. The molecule has 0 saturated heterocycles. The van der Waals surface area contributed by atoms with Crippen LogP contribution in [0.2, 0.25) is 0 Å². The quantitative estimate of drug-likeness (QED) is 0.563. The zero-order valence-corrected chi connectivity index (χ0v) is 20.1. The zero-order valence-electron chi connectivity index (χ0n) is 20.1. The molecule has 174 valence electrons. The van der Waals surface area contributed by atoms with Crippen LogP contribution >= 0.6 is 0 Å². The summed E-state index contributed by atoms with van der Waals surface area (Å²) in [6, 6.07) is 16.0. The second kappa shape index (κ2) is 10.6. The van der Waals surface area contributed by atoms with Crippen LogP contribution in [0, 0.1) is 11.8 Å². The van der Waals surface area contributed by atoms with Gasteiger partial charge < -0.3 is 15.1 Å². The molecule has 3 atom stereocenters. The Kier molecular flexibility index (Phi) is 8.13. The van der Waals surface area contributed by atoms with Crippen LogP contribution in [0.1, 0.15) is 67.7 Å². The summed E-state index contributed by atoms with van der Waals surface area (Å²) in [4.78, 5) is 14.4. The number of carbonyl (C=O) groups is 1. The predicted molar refractivity (Wildman–Crippen MR) is 130 cm³/mol. The Morgan fingerprint density at radius 2 is 1.75 bits per heavy atom. The molecule has 32 heavy (non-hydrogen) atoms. The van der Waals surface area contributed by atoms with Crippen LogP contribution in [-0.4, -0.2) is 41.7 Å². The first-order chi connectivity index (χ1) is 15.2. The summed E-state index contributed by atoms with van der Waals surface area (Å²) < 4.78 is 0. The third kappa shape index (κ3) is 5.79. The van der Waals surface area contributed by atoms with Gasteiger partial charge in [-0.2, -0.15) is 0 Å². The van der Waals surface area contributed by atoms with Gasteiger partial charge in [0.05, 0.1) is 11.5 Å². The van der Waals surface area contributed by atoms with Crippen LogP contribution in [0.3, 0.4) is 0 Å². The van der Waals surface area contributed by atoms with E-state index in [0.29, 0.717) is 12.3 Å². The highest BCUT2D eigenvalue weighted by molar-refractivity contribution is 5.76. The number of carboxylic acids is 1. The monoisotopic (exact) mass is 437 g/mol. The van der Waals surface area contributed by atoms with Crippen molar-refractivity contribution in [2.75, 3.05) is 20.6 Å². The van der Waals surface area contributed by atoms with Gasteiger partial charge in [0.1, 0.15) is 0 Å². The number of nitrogens with zero attached hydrogens (tertiary/aromatic N) is 1. The zero-order chi connectivity index (χ0) is 23.3. The number of carboxylic acid groups (broad SMARTS) is 1. The summed E-state index contributed by atoms with van der Waals surface area (Å²) in [5.41, 5.74) is 2.99. The van der Waals surface area contributed by atoms with Gasteiger partial charge in [0, 0.05) is 12.5 Å². The van der Waals surface area contributed by atoms with Crippen LogP contribution < -0.4 is 0 Å². The fourth-order valence-electron chi connectivity index (χ4n) is 5.31. The molecular weight excluding hydrogens is 398 g/mol. The van der Waals surface area contributed by atoms with Crippen LogP contribution in [-0.2, 0) is 23.2 Å². The van der Waals surface area contributed by atoms with E-state index < -0.39 is 17.5 Å². The lowest BCUT2D eigenvalue weighted by molar-refractivity contribution is -0.138. The summed E-state index contributed by atoms with van der Waals surface area (Å²) in [7, 11) is 4.09. The molecule has 0 aromatic heterocycles. The third-order valence-corrected chi connectivity index (χ3v) is 6.85.